The number of methoxy groups -OCH3 is 1. The summed E-state index contributed by atoms with van der Waals surface area (Å²) < 4.78 is 13.5. The van der Waals surface area contributed by atoms with Gasteiger partial charge < -0.3 is 13.7 Å². The average Bonchev–Trinajstić information content (AvgIpc) is 3.20. The lowest BCUT2D eigenvalue weighted by Crippen LogP contribution is -2.02. The van der Waals surface area contributed by atoms with Crippen LogP contribution in [0.2, 0.25) is 0 Å². The van der Waals surface area contributed by atoms with Gasteiger partial charge in [-0.15, -0.1) is 0 Å². The lowest BCUT2D eigenvalue weighted by molar-refractivity contribution is 0.420. The van der Waals surface area contributed by atoms with Crippen molar-refractivity contribution in [2.45, 2.75) is 20.4 Å². The molecular formula is C20H19N3O2. The van der Waals surface area contributed by atoms with E-state index in [1.807, 2.05) is 50.4 Å². The van der Waals surface area contributed by atoms with Crippen molar-refractivity contribution in [2.75, 3.05) is 7.11 Å². The Morgan fingerprint density at radius 3 is 2.60 bits per heavy atom. The first kappa shape index (κ1) is 15.4. The van der Waals surface area contributed by atoms with Gasteiger partial charge in [0, 0.05) is 23.3 Å². The summed E-state index contributed by atoms with van der Waals surface area (Å²) in [6.45, 7) is 4.58. The summed E-state index contributed by atoms with van der Waals surface area (Å²) in [7, 11) is 1.68. The Balaban J connectivity index is 1.80. The molecule has 126 valence electrons. The van der Waals surface area contributed by atoms with Crippen molar-refractivity contribution in [1.82, 2.24) is 14.5 Å². The fourth-order valence-corrected chi connectivity index (χ4v) is 3.06. The van der Waals surface area contributed by atoms with E-state index < -0.39 is 0 Å². The number of ether oxygens (including phenoxy) is 1. The molecule has 2 heterocycles. The van der Waals surface area contributed by atoms with Gasteiger partial charge in [0.25, 0.3) is 0 Å². The Kier molecular flexibility index (Phi) is 3.76. The molecule has 0 aliphatic heterocycles. The number of nitrogens with zero attached hydrogens (tertiary/aromatic N) is 3. The average molecular weight is 333 g/mol. The zero-order valence-electron chi connectivity index (χ0n) is 14.5. The number of hydrogen-bond donors (Lipinski definition) is 0. The lowest BCUT2D eigenvalue weighted by atomic mass is 10.0. The highest BCUT2D eigenvalue weighted by atomic mass is 16.5. The van der Waals surface area contributed by atoms with Crippen LogP contribution in [0.4, 0.5) is 0 Å². The van der Waals surface area contributed by atoms with E-state index in [4.69, 9.17) is 14.1 Å². The third kappa shape index (κ3) is 2.67. The van der Waals surface area contributed by atoms with E-state index >= 15 is 0 Å². The molecule has 5 nitrogen and oxygen atoms in total. The maximum absolute atomic E-state index is 5.99. The van der Waals surface area contributed by atoms with Crippen molar-refractivity contribution in [2.24, 2.45) is 0 Å². The monoisotopic (exact) mass is 333 g/mol. The lowest BCUT2D eigenvalue weighted by Gasteiger charge is -2.08. The van der Waals surface area contributed by atoms with Crippen LogP contribution in [-0.2, 0) is 6.54 Å². The van der Waals surface area contributed by atoms with Gasteiger partial charge in [-0.1, -0.05) is 24.3 Å². The first-order valence-electron chi connectivity index (χ1n) is 8.17. The molecule has 4 rings (SSSR count). The molecule has 0 aliphatic rings. The molecule has 0 amide bonds. The fourth-order valence-electron chi connectivity index (χ4n) is 3.06. The standard InChI is InChI=1S/C20H19N3O2/c1-13-18(12-23-11-10-21-14(23)2)22-20(25-13)17-8-9-19(24-3)16-7-5-4-6-15(16)17/h4-11H,12H2,1-3H3. The predicted octanol–water partition coefficient (Wildman–Crippen LogP) is 4.37. The topological polar surface area (TPSA) is 53.1 Å². The van der Waals surface area contributed by atoms with Crippen molar-refractivity contribution in [1.29, 1.82) is 0 Å². The van der Waals surface area contributed by atoms with E-state index in [-0.39, 0.29) is 0 Å². The van der Waals surface area contributed by atoms with E-state index in [9.17, 15) is 0 Å². The highest BCUT2D eigenvalue weighted by Gasteiger charge is 2.16. The zero-order chi connectivity index (χ0) is 17.4. The molecule has 25 heavy (non-hydrogen) atoms. The van der Waals surface area contributed by atoms with E-state index in [1.54, 1.807) is 13.3 Å². The fraction of sp³-hybridized carbons (Fsp3) is 0.200. The summed E-state index contributed by atoms with van der Waals surface area (Å²) >= 11 is 0. The van der Waals surface area contributed by atoms with Crippen LogP contribution in [-0.4, -0.2) is 21.6 Å². The first-order valence-corrected chi connectivity index (χ1v) is 8.17. The van der Waals surface area contributed by atoms with Crippen LogP contribution in [0.25, 0.3) is 22.2 Å². The van der Waals surface area contributed by atoms with Gasteiger partial charge in [0.1, 0.15) is 23.0 Å². The molecule has 0 N–H and O–H groups in total. The molecule has 0 saturated heterocycles. The molecule has 0 bridgehead atoms. The molecule has 0 fully saturated rings. The summed E-state index contributed by atoms with van der Waals surface area (Å²) in [5, 5.41) is 2.11. The SMILES string of the molecule is COc1ccc(-c2nc(Cn3ccnc3C)c(C)o2)c2ccccc12. The van der Waals surface area contributed by atoms with Crippen LogP contribution in [0.1, 0.15) is 17.3 Å². The molecule has 0 aliphatic carbocycles. The highest BCUT2D eigenvalue weighted by molar-refractivity contribution is 5.98. The number of rotatable bonds is 4. The van der Waals surface area contributed by atoms with Gasteiger partial charge in [-0.2, -0.15) is 0 Å². The Bertz CT molecular complexity index is 1050. The minimum atomic E-state index is 0.629. The van der Waals surface area contributed by atoms with E-state index in [2.05, 4.69) is 15.6 Å². The van der Waals surface area contributed by atoms with E-state index in [0.29, 0.717) is 12.4 Å². The normalized spacial score (nSPS) is 11.2. The number of aryl methyl sites for hydroxylation is 2. The van der Waals surface area contributed by atoms with Crippen LogP contribution < -0.4 is 4.74 Å². The molecule has 2 aromatic heterocycles. The summed E-state index contributed by atoms with van der Waals surface area (Å²) in [6, 6.07) is 12.1. The summed E-state index contributed by atoms with van der Waals surface area (Å²) in [4.78, 5) is 9.00. The molecule has 4 aromatic rings. The number of benzene rings is 2. The van der Waals surface area contributed by atoms with Gasteiger partial charge in [-0.3, -0.25) is 0 Å². The van der Waals surface area contributed by atoms with Crippen molar-refractivity contribution in [3.63, 3.8) is 0 Å². The summed E-state index contributed by atoms with van der Waals surface area (Å²) in [5.41, 5.74) is 1.88. The van der Waals surface area contributed by atoms with Crippen LogP contribution in [0.3, 0.4) is 0 Å². The Hall–Kier alpha value is -3.08. The third-order valence-corrected chi connectivity index (χ3v) is 4.47. The summed E-state index contributed by atoms with van der Waals surface area (Å²) in [5.74, 6) is 3.25. The van der Waals surface area contributed by atoms with Crippen LogP contribution in [0, 0.1) is 13.8 Å². The zero-order valence-corrected chi connectivity index (χ0v) is 14.5. The maximum atomic E-state index is 5.99. The third-order valence-electron chi connectivity index (χ3n) is 4.47. The second-order valence-corrected chi connectivity index (χ2v) is 5.99. The largest absolute Gasteiger partial charge is 0.496 e. The molecule has 0 spiro atoms. The van der Waals surface area contributed by atoms with E-state index in [1.165, 1.54) is 0 Å². The Labute approximate surface area is 145 Å². The van der Waals surface area contributed by atoms with Crippen molar-refractivity contribution >= 4 is 10.8 Å². The van der Waals surface area contributed by atoms with Crippen LogP contribution >= 0.6 is 0 Å². The number of imidazole rings is 1. The van der Waals surface area contributed by atoms with Gasteiger partial charge in [-0.05, 0) is 31.4 Å². The van der Waals surface area contributed by atoms with Gasteiger partial charge in [0.05, 0.1) is 13.7 Å². The molecule has 5 heteroatoms. The Morgan fingerprint density at radius 1 is 1.08 bits per heavy atom. The predicted molar refractivity (Wildman–Crippen MR) is 96.8 cm³/mol. The van der Waals surface area contributed by atoms with Crippen molar-refractivity contribution in [3.05, 3.63) is 66.1 Å². The molecule has 0 atom stereocenters. The second kappa shape index (κ2) is 6.09. The number of aromatic nitrogens is 3. The smallest absolute Gasteiger partial charge is 0.227 e. The van der Waals surface area contributed by atoms with Gasteiger partial charge >= 0.3 is 0 Å². The first-order chi connectivity index (χ1) is 12.2. The quantitative estimate of drug-likeness (QED) is 0.556. The number of fused-ring (bicyclic) bond motifs is 1. The van der Waals surface area contributed by atoms with Gasteiger partial charge in [0.2, 0.25) is 5.89 Å². The molecule has 2 aromatic carbocycles. The number of hydrogen-bond acceptors (Lipinski definition) is 4. The van der Waals surface area contributed by atoms with Gasteiger partial charge in [-0.25, -0.2) is 9.97 Å². The highest BCUT2D eigenvalue weighted by Crippen LogP contribution is 2.34. The minimum absolute atomic E-state index is 0.629. The van der Waals surface area contributed by atoms with Crippen molar-refractivity contribution < 1.29 is 9.15 Å². The second-order valence-electron chi connectivity index (χ2n) is 5.99. The van der Waals surface area contributed by atoms with Crippen LogP contribution in [0.15, 0.2) is 53.2 Å². The van der Waals surface area contributed by atoms with Crippen LogP contribution in [0.5, 0.6) is 5.75 Å². The molecule has 0 unspecified atom stereocenters. The van der Waals surface area contributed by atoms with E-state index in [0.717, 1.165) is 39.4 Å². The van der Waals surface area contributed by atoms with Crippen molar-refractivity contribution in [3.8, 4) is 17.2 Å². The number of oxazole rings is 1. The molecule has 0 radical (unpaired) electrons. The maximum Gasteiger partial charge on any atom is 0.227 e. The molecule has 0 saturated carbocycles. The minimum Gasteiger partial charge on any atom is -0.496 e. The van der Waals surface area contributed by atoms with Gasteiger partial charge in [0.15, 0.2) is 0 Å². The summed E-state index contributed by atoms with van der Waals surface area (Å²) in [6.07, 6.45) is 3.74. The Morgan fingerprint density at radius 2 is 1.88 bits per heavy atom. The molecular weight excluding hydrogens is 314 g/mol.